The van der Waals surface area contributed by atoms with Gasteiger partial charge < -0.3 is 10.3 Å². The van der Waals surface area contributed by atoms with Gasteiger partial charge in [0.05, 0.1) is 22.3 Å². The van der Waals surface area contributed by atoms with Crippen LogP contribution in [0.5, 0.6) is 0 Å². The summed E-state index contributed by atoms with van der Waals surface area (Å²) in [4.78, 5) is 19.6. The number of hydrogen-bond donors (Lipinski definition) is 2. The van der Waals surface area contributed by atoms with Crippen molar-refractivity contribution in [1.29, 1.82) is 5.26 Å². The summed E-state index contributed by atoms with van der Waals surface area (Å²) in [5, 5.41) is 14.7. The van der Waals surface area contributed by atoms with E-state index in [0.717, 1.165) is 16.6 Å². The number of thioether (sulfide) groups is 1. The molecule has 0 unspecified atom stereocenters. The van der Waals surface area contributed by atoms with Gasteiger partial charge in [-0.05, 0) is 36.1 Å². The van der Waals surface area contributed by atoms with E-state index in [9.17, 15) is 4.79 Å². The predicted octanol–water partition coefficient (Wildman–Crippen LogP) is 3.54. The minimum atomic E-state index is -0.152. The van der Waals surface area contributed by atoms with E-state index in [2.05, 4.69) is 15.3 Å². The van der Waals surface area contributed by atoms with Crippen molar-refractivity contribution in [3.63, 3.8) is 0 Å². The molecule has 3 rings (SSSR count). The molecule has 5 nitrogen and oxygen atoms in total. The molecule has 22 heavy (non-hydrogen) atoms. The Labute approximate surface area is 135 Å². The monoisotopic (exact) mass is 328 g/mol. The van der Waals surface area contributed by atoms with Gasteiger partial charge >= 0.3 is 0 Å². The molecule has 1 aromatic carbocycles. The van der Waals surface area contributed by atoms with E-state index in [1.165, 1.54) is 23.1 Å². The van der Waals surface area contributed by atoms with Gasteiger partial charge in [-0.25, -0.2) is 4.98 Å². The Bertz CT molecular complexity index is 875. The van der Waals surface area contributed by atoms with Crippen LogP contribution in [0.3, 0.4) is 0 Å². The van der Waals surface area contributed by atoms with Crippen LogP contribution in [0.4, 0.5) is 5.00 Å². The quantitative estimate of drug-likeness (QED) is 0.718. The van der Waals surface area contributed by atoms with Crippen LogP contribution in [0.2, 0.25) is 0 Å². The Kier molecular flexibility index (Phi) is 4.13. The number of nitrogens with one attached hydrogen (secondary N) is 2. The zero-order chi connectivity index (χ0) is 15.5. The summed E-state index contributed by atoms with van der Waals surface area (Å²) in [6.07, 6.45) is 0. The molecular formula is C15H12N4OS2. The fourth-order valence-electron chi connectivity index (χ4n) is 1.96. The van der Waals surface area contributed by atoms with Crippen molar-refractivity contribution in [1.82, 2.24) is 9.97 Å². The number of fused-ring (bicyclic) bond motifs is 1. The number of anilines is 1. The summed E-state index contributed by atoms with van der Waals surface area (Å²) in [6.45, 7) is 2.02. The lowest BCUT2D eigenvalue weighted by Gasteiger charge is -2.01. The predicted molar refractivity (Wildman–Crippen MR) is 89.2 cm³/mol. The maximum absolute atomic E-state index is 11.9. The molecule has 2 heterocycles. The smallest absolute Gasteiger partial charge is 0.235 e. The highest BCUT2D eigenvalue weighted by Crippen LogP contribution is 2.24. The third-order valence-electron chi connectivity index (χ3n) is 2.99. The molecule has 0 aliphatic rings. The first-order valence-corrected chi connectivity index (χ1v) is 8.39. The van der Waals surface area contributed by atoms with Crippen molar-refractivity contribution >= 4 is 45.0 Å². The second kappa shape index (κ2) is 6.22. The molecule has 7 heteroatoms. The number of aromatic nitrogens is 2. The van der Waals surface area contributed by atoms with Crippen LogP contribution in [-0.4, -0.2) is 21.6 Å². The van der Waals surface area contributed by atoms with Gasteiger partial charge in [0.15, 0.2) is 5.16 Å². The number of H-pyrrole nitrogens is 1. The number of imidazole rings is 1. The van der Waals surface area contributed by atoms with Crippen molar-refractivity contribution < 1.29 is 4.79 Å². The van der Waals surface area contributed by atoms with E-state index in [-0.39, 0.29) is 11.7 Å². The number of nitrogens with zero attached hydrogens (tertiary/aromatic N) is 2. The zero-order valence-corrected chi connectivity index (χ0v) is 13.3. The SMILES string of the molecule is Cc1ccc2nc(SCC(=O)Nc3sccc3C#N)[nH]c2c1. The number of aryl methyl sites for hydroxylation is 1. The highest BCUT2D eigenvalue weighted by Gasteiger charge is 2.10. The van der Waals surface area contributed by atoms with Crippen molar-refractivity contribution in [2.75, 3.05) is 11.1 Å². The van der Waals surface area contributed by atoms with Crippen LogP contribution in [-0.2, 0) is 4.79 Å². The molecule has 3 aromatic rings. The molecule has 0 aliphatic carbocycles. The van der Waals surface area contributed by atoms with Gasteiger partial charge in [0.2, 0.25) is 5.91 Å². The van der Waals surface area contributed by atoms with Gasteiger partial charge in [0, 0.05) is 0 Å². The minimum absolute atomic E-state index is 0.152. The van der Waals surface area contributed by atoms with Gasteiger partial charge in [-0.2, -0.15) is 5.26 Å². The van der Waals surface area contributed by atoms with Crippen LogP contribution in [0.25, 0.3) is 11.0 Å². The lowest BCUT2D eigenvalue weighted by atomic mass is 10.2. The molecule has 0 radical (unpaired) electrons. The Morgan fingerprint density at radius 1 is 1.50 bits per heavy atom. The number of carbonyl (C=O) groups is 1. The maximum atomic E-state index is 11.9. The van der Waals surface area contributed by atoms with Crippen LogP contribution >= 0.6 is 23.1 Å². The minimum Gasteiger partial charge on any atom is -0.333 e. The van der Waals surface area contributed by atoms with Gasteiger partial charge in [0.25, 0.3) is 0 Å². The van der Waals surface area contributed by atoms with E-state index < -0.39 is 0 Å². The highest BCUT2D eigenvalue weighted by molar-refractivity contribution is 7.99. The molecule has 0 saturated carbocycles. The summed E-state index contributed by atoms with van der Waals surface area (Å²) in [7, 11) is 0. The molecule has 0 spiro atoms. The molecule has 0 fully saturated rings. The van der Waals surface area contributed by atoms with Crippen LogP contribution in [0.1, 0.15) is 11.1 Å². The molecule has 0 saturated heterocycles. The third kappa shape index (κ3) is 3.13. The average Bonchev–Trinajstić information content (AvgIpc) is 3.10. The summed E-state index contributed by atoms with van der Waals surface area (Å²) < 4.78 is 0. The number of thiophene rings is 1. The van der Waals surface area contributed by atoms with E-state index in [1.807, 2.05) is 31.2 Å². The van der Waals surface area contributed by atoms with Gasteiger partial charge in [-0.1, -0.05) is 17.8 Å². The fraction of sp³-hybridized carbons (Fsp3) is 0.133. The highest BCUT2D eigenvalue weighted by atomic mass is 32.2. The third-order valence-corrected chi connectivity index (χ3v) is 4.70. The maximum Gasteiger partial charge on any atom is 0.235 e. The molecule has 1 amide bonds. The molecule has 2 aromatic heterocycles. The average molecular weight is 328 g/mol. The number of nitriles is 1. The van der Waals surface area contributed by atoms with E-state index in [0.29, 0.717) is 15.7 Å². The standard InChI is InChI=1S/C15H12N4OS2/c1-9-2-3-11-12(6-9)18-15(17-11)22-8-13(20)19-14-10(7-16)4-5-21-14/h2-6H,8H2,1H3,(H,17,18)(H,19,20). The van der Waals surface area contributed by atoms with Crippen LogP contribution < -0.4 is 5.32 Å². The number of amides is 1. The number of benzene rings is 1. The van der Waals surface area contributed by atoms with Crippen molar-refractivity contribution in [2.24, 2.45) is 0 Å². The van der Waals surface area contributed by atoms with Crippen LogP contribution in [0, 0.1) is 18.3 Å². The van der Waals surface area contributed by atoms with E-state index in [1.54, 1.807) is 11.4 Å². The van der Waals surface area contributed by atoms with Crippen molar-refractivity contribution in [3.8, 4) is 6.07 Å². The Morgan fingerprint density at radius 2 is 2.36 bits per heavy atom. The van der Waals surface area contributed by atoms with Gasteiger partial charge in [-0.3, -0.25) is 4.79 Å². The van der Waals surface area contributed by atoms with E-state index in [4.69, 9.17) is 5.26 Å². The van der Waals surface area contributed by atoms with Crippen molar-refractivity contribution in [3.05, 3.63) is 40.8 Å². The number of hydrogen-bond acceptors (Lipinski definition) is 5. The second-order valence-corrected chi connectivity index (χ2v) is 6.55. The summed E-state index contributed by atoms with van der Waals surface area (Å²) in [5.74, 6) is 0.0854. The molecule has 2 N–H and O–H groups in total. The zero-order valence-electron chi connectivity index (χ0n) is 11.7. The normalized spacial score (nSPS) is 10.5. The molecule has 110 valence electrons. The van der Waals surface area contributed by atoms with Gasteiger partial charge in [0.1, 0.15) is 11.1 Å². The Hall–Kier alpha value is -2.30. The molecule has 0 atom stereocenters. The first-order chi connectivity index (χ1) is 10.7. The fourth-order valence-corrected chi connectivity index (χ4v) is 3.40. The lowest BCUT2D eigenvalue weighted by Crippen LogP contribution is -2.13. The summed E-state index contributed by atoms with van der Waals surface area (Å²) >= 11 is 2.68. The van der Waals surface area contributed by atoms with Gasteiger partial charge in [-0.15, -0.1) is 11.3 Å². The topological polar surface area (TPSA) is 81.6 Å². The number of rotatable bonds is 4. The van der Waals surface area contributed by atoms with Crippen LogP contribution in [0.15, 0.2) is 34.8 Å². The van der Waals surface area contributed by atoms with Crippen molar-refractivity contribution in [2.45, 2.75) is 12.1 Å². The lowest BCUT2D eigenvalue weighted by molar-refractivity contribution is -0.113. The Balaban J connectivity index is 1.64. The first kappa shape index (κ1) is 14.6. The largest absolute Gasteiger partial charge is 0.333 e. The summed E-state index contributed by atoms with van der Waals surface area (Å²) in [5.41, 5.74) is 3.50. The Morgan fingerprint density at radius 3 is 3.18 bits per heavy atom. The summed E-state index contributed by atoms with van der Waals surface area (Å²) in [6, 6.07) is 9.72. The van der Waals surface area contributed by atoms with E-state index >= 15 is 0 Å². The number of aromatic amines is 1. The first-order valence-electron chi connectivity index (χ1n) is 6.52. The molecule has 0 bridgehead atoms. The molecule has 0 aliphatic heterocycles. The number of carbonyl (C=O) groups excluding carboxylic acids is 1. The second-order valence-electron chi connectivity index (χ2n) is 4.67. The molecular weight excluding hydrogens is 316 g/mol.